The van der Waals surface area contributed by atoms with Crippen molar-refractivity contribution in [3.8, 4) is 17.2 Å². The van der Waals surface area contributed by atoms with Crippen LogP contribution in [0.2, 0.25) is 0 Å². The van der Waals surface area contributed by atoms with E-state index in [1.165, 1.54) is 0 Å². The highest BCUT2D eigenvalue weighted by Crippen LogP contribution is 2.22. The molecule has 2 aromatic carbocycles. The van der Waals surface area contributed by atoms with Gasteiger partial charge in [0.15, 0.2) is 13.2 Å². The van der Waals surface area contributed by atoms with Crippen molar-refractivity contribution in [3.63, 3.8) is 0 Å². The van der Waals surface area contributed by atoms with E-state index in [4.69, 9.17) is 18.7 Å². The monoisotopic (exact) mass is 463 g/mol. The second kappa shape index (κ2) is 11.5. The molecule has 8 nitrogen and oxygen atoms in total. The van der Waals surface area contributed by atoms with Crippen molar-refractivity contribution >= 4 is 11.6 Å². The number of amides is 1. The average Bonchev–Trinajstić information content (AvgIpc) is 3.27. The smallest absolute Gasteiger partial charge is 0.260 e. The van der Waals surface area contributed by atoms with E-state index in [0.29, 0.717) is 55.8 Å². The van der Waals surface area contributed by atoms with Crippen molar-refractivity contribution < 1.29 is 23.5 Å². The van der Waals surface area contributed by atoms with Gasteiger partial charge in [0.1, 0.15) is 17.2 Å². The molecule has 1 amide bonds. The highest BCUT2D eigenvalue weighted by Gasteiger charge is 2.17. The predicted molar refractivity (Wildman–Crippen MR) is 128 cm³/mol. The number of hydrogen-bond donors (Lipinski definition) is 0. The minimum atomic E-state index is -0.0323. The van der Waals surface area contributed by atoms with Gasteiger partial charge >= 0.3 is 0 Å². The summed E-state index contributed by atoms with van der Waals surface area (Å²) in [6, 6.07) is 17.2. The van der Waals surface area contributed by atoms with E-state index >= 15 is 0 Å². The van der Waals surface area contributed by atoms with E-state index in [2.05, 4.69) is 10.1 Å². The maximum atomic E-state index is 12.2. The summed E-state index contributed by atoms with van der Waals surface area (Å²) in [6.45, 7) is 6.49. The lowest BCUT2D eigenvalue weighted by Crippen LogP contribution is -2.42. The number of carbonyl (C=O) groups excluding carboxylic acids is 1. The van der Waals surface area contributed by atoms with Gasteiger partial charge in [0.05, 0.1) is 18.9 Å². The van der Waals surface area contributed by atoms with Crippen LogP contribution in [-0.4, -0.2) is 54.4 Å². The standard InChI is InChI=1S/C26H29N3O5/c1-3-23(28-33-17-24-19(2)34-26(27-24)21-7-5-4-6-8-21)20-9-11-22(12-10-20)32-18-25(30)29-13-15-31-16-14-29/h4-12H,3,13-18H2,1-2H3/b28-23-. The number of aryl methyl sites for hydroxylation is 1. The number of ether oxygens (including phenoxy) is 2. The van der Waals surface area contributed by atoms with E-state index in [1.54, 1.807) is 4.90 Å². The van der Waals surface area contributed by atoms with Gasteiger partial charge in [-0.25, -0.2) is 4.98 Å². The van der Waals surface area contributed by atoms with Crippen LogP contribution in [0.3, 0.4) is 0 Å². The molecule has 0 aliphatic carbocycles. The number of hydrogen-bond acceptors (Lipinski definition) is 7. The Morgan fingerprint density at radius 3 is 2.53 bits per heavy atom. The first-order valence-corrected chi connectivity index (χ1v) is 11.4. The molecular formula is C26H29N3O5. The minimum Gasteiger partial charge on any atom is -0.484 e. The normalized spacial score (nSPS) is 14.2. The molecule has 1 saturated heterocycles. The van der Waals surface area contributed by atoms with Crippen LogP contribution in [0, 0.1) is 6.92 Å². The largest absolute Gasteiger partial charge is 0.484 e. The van der Waals surface area contributed by atoms with Crippen LogP contribution < -0.4 is 4.74 Å². The maximum absolute atomic E-state index is 12.2. The summed E-state index contributed by atoms with van der Waals surface area (Å²) in [5.41, 5.74) is 3.37. The van der Waals surface area contributed by atoms with Gasteiger partial charge in [-0.2, -0.15) is 0 Å². The second-order valence-corrected chi connectivity index (χ2v) is 7.86. The number of carbonyl (C=O) groups is 1. The number of morpholine rings is 1. The molecular weight excluding hydrogens is 434 g/mol. The van der Waals surface area contributed by atoms with Crippen molar-refractivity contribution in [1.29, 1.82) is 0 Å². The topological polar surface area (TPSA) is 86.4 Å². The molecule has 8 heteroatoms. The van der Waals surface area contributed by atoms with Crippen molar-refractivity contribution in [2.75, 3.05) is 32.9 Å². The van der Waals surface area contributed by atoms with Crippen LogP contribution in [0.4, 0.5) is 0 Å². The lowest BCUT2D eigenvalue weighted by molar-refractivity contribution is -0.137. The van der Waals surface area contributed by atoms with Gasteiger partial charge in [-0.15, -0.1) is 0 Å². The molecule has 0 spiro atoms. The van der Waals surface area contributed by atoms with E-state index in [0.717, 1.165) is 16.8 Å². The van der Waals surface area contributed by atoms with Crippen molar-refractivity contribution in [3.05, 3.63) is 71.6 Å². The van der Waals surface area contributed by atoms with E-state index in [9.17, 15) is 4.79 Å². The lowest BCUT2D eigenvalue weighted by atomic mass is 10.1. The van der Waals surface area contributed by atoms with Crippen molar-refractivity contribution in [1.82, 2.24) is 9.88 Å². The van der Waals surface area contributed by atoms with Gasteiger partial charge < -0.3 is 23.6 Å². The molecule has 4 rings (SSSR count). The van der Waals surface area contributed by atoms with Crippen LogP contribution >= 0.6 is 0 Å². The molecule has 1 aromatic heterocycles. The fourth-order valence-electron chi connectivity index (χ4n) is 3.55. The van der Waals surface area contributed by atoms with Crippen LogP contribution in [0.25, 0.3) is 11.5 Å². The molecule has 34 heavy (non-hydrogen) atoms. The Morgan fingerprint density at radius 2 is 1.82 bits per heavy atom. The highest BCUT2D eigenvalue weighted by atomic mass is 16.6. The molecule has 0 N–H and O–H groups in total. The Labute approximate surface area is 199 Å². The summed E-state index contributed by atoms with van der Waals surface area (Å²) in [5.74, 6) is 1.88. The van der Waals surface area contributed by atoms with Gasteiger partial charge in [0.25, 0.3) is 5.91 Å². The fraction of sp³-hybridized carbons (Fsp3) is 0.346. The van der Waals surface area contributed by atoms with Gasteiger partial charge in [-0.05, 0) is 55.3 Å². The third-order valence-electron chi connectivity index (χ3n) is 5.54. The summed E-state index contributed by atoms with van der Waals surface area (Å²) >= 11 is 0. The molecule has 0 saturated carbocycles. The molecule has 2 heterocycles. The zero-order chi connectivity index (χ0) is 23.8. The first-order valence-electron chi connectivity index (χ1n) is 11.4. The quantitative estimate of drug-likeness (QED) is 0.349. The number of oxazole rings is 1. The van der Waals surface area contributed by atoms with E-state index in [-0.39, 0.29) is 19.1 Å². The SMILES string of the molecule is CC/C(=N/OCc1nc(-c2ccccc2)oc1C)c1ccc(OCC(=O)N2CCOCC2)cc1. The predicted octanol–water partition coefficient (Wildman–Crippen LogP) is 4.22. The van der Waals surface area contributed by atoms with E-state index < -0.39 is 0 Å². The Bertz CT molecular complexity index is 1100. The van der Waals surface area contributed by atoms with Crippen molar-refractivity contribution in [2.45, 2.75) is 26.9 Å². The molecule has 0 unspecified atom stereocenters. The minimum absolute atomic E-state index is 0.0131. The second-order valence-electron chi connectivity index (χ2n) is 7.86. The summed E-state index contributed by atoms with van der Waals surface area (Å²) in [6.07, 6.45) is 0.697. The van der Waals surface area contributed by atoms with Gasteiger partial charge in [0.2, 0.25) is 5.89 Å². The molecule has 3 aromatic rings. The number of aromatic nitrogens is 1. The zero-order valence-corrected chi connectivity index (χ0v) is 19.5. The molecule has 1 aliphatic rings. The molecule has 0 radical (unpaired) electrons. The Kier molecular flexibility index (Phi) is 7.93. The molecule has 1 aliphatic heterocycles. The van der Waals surface area contributed by atoms with E-state index in [1.807, 2.05) is 68.4 Å². The van der Waals surface area contributed by atoms with Crippen molar-refractivity contribution in [2.24, 2.45) is 5.16 Å². The third-order valence-corrected chi connectivity index (χ3v) is 5.54. The number of rotatable bonds is 9. The number of oxime groups is 1. The molecule has 0 atom stereocenters. The summed E-state index contributed by atoms with van der Waals surface area (Å²) < 4.78 is 16.7. The maximum Gasteiger partial charge on any atom is 0.260 e. The molecule has 1 fully saturated rings. The lowest BCUT2D eigenvalue weighted by Gasteiger charge is -2.26. The first-order chi connectivity index (χ1) is 16.6. The summed E-state index contributed by atoms with van der Waals surface area (Å²) in [4.78, 5) is 24.1. The summed E-state index contributed by atoms with van der Waals surface area (Å²) in [5, 5.41) is 4.32. The van der Waals surface area contributed by atoms with Crippen LogP contribution in [-0.2, 0) is 21.0 Å². The van der Waals surface area contributed by atoms with Crippen LogP contribution in [0.5, 0.6) is 5.75 Å². The zero-order valence-electron chi connectivity index (χ0n) is 19.5. The first kappa shape index (κ1) is 23.5. The Hall–Kier alpha value is -3.65. The summed E-state index contributed by atoms with van der Waals surface area (Å²) in [7, 11) is 0. The Balaban J connectivity index is 1.32. The fourth-order valence-corrected chi connectivity index (χ4v) is 3.55. The van der Waals surface area contributed by atoms with Crippen LogP contribution in [0.15, 0.2) is 64.2 Å². The van der Waals surface area contributed by atoms with Gasteiger partial charge in [-0.3, -0.25) is 4.79 Å². The number of benzene rings is 2. The van der Waals surface area contributed by atoms with Gasteiger partial charge in [0, 0.05) is 18.7 Å². The van der Waals surface area contributed by atoms with Gasteiger partial charge in [-0.1, -0.05) is 30.3 Å². The van der Waals surface area contributed by atoms with Crippen LogP contribution in [0.1, 0.15) is 30.4 Å². The molecule has 0 bridgehead atoms. The average molecular weight is 464 g/mol. The number of nitrogens with zero attached hydrogens (tertiary/aromatic N) is 3. The Morgan fingerprint density at radius 1 is 1.09 bits per heavy atom. The molecule has 178 valence electrons. The highest BCUT2D eigenvalue weighted by molar-refractivity contribution is 6.00. The third kappa shape index (κ3) is 6.02.